The summed E-state index contributed by atoms with van der Waals surface area (Å²) in [5.41, 5.74) is 1.41. The molecule has 8 heteroatoms. The van der Waals surface area contributed by atoms with E-state index in [9.17, 15) is 9.59 Å². The molecule has 1 aliphatic heterocycles. The molecular formula is C25H19Cl2NO4S. The Labute approximate surface area is 205 Å². The van der Waals surface area contributed by atoms with Crippen LogP contribution in [0.4, 0.5) is 4.79 Å². The van der Waals surface area contributed by atoms with Gasteiger partial charge >= 0.3 is 0 Å². The van der Waals surface area contributed by atoms with E-state index in [2.05, 4.69) is 0 Å². The molecule has 5 nitrogen and oxygen atoms in total. The smallest absolute Gasteiger partial charge is 0.293 e. The Bertz CT molecular complexity index is 1200. The lowest BCUT2D eigenvalue weighted by Gasteiger charge is -2.13. The van der Waals surface area contributed by atoms with Crippen molar-refractivity contribution in [1.82, 2.24) is 4.90 Å². The summed E-state index contributed by atoms with van der Waals surface area (Å²) < 4.78 is 11.4. The minimum Gasteiger partial charge on any atom is -0.490 e. The van der Waals surface area contributed by atoms with E-state index in [1.807, 2.05) is 54.6 Å². The number of hydrogen-bond acceptors (Lipinski definition) is 5. The highest BCUT2D eigenvalue weighted by molar-refractivity contribution is 8.18. The first-order valence-corrected chi connectivity index (χ1v) is 11.7. The minimum absolute atomic E-state index is 0.0859. The molecule has 3 aromatic rings. The van der Waals surface area contributed by atoms with Crippen LogP contribution in [0.15, 0.2) is 77.7 Å². The van der Waals surface area contributed by atoms with Crippen molar-refractivity contribution in [3.8, 4) is 11.5 Å². The molecule has 0 aliphatic carbocycles. The molecule has 0 N–H and O–H groups in total. The van der Waals surface area contributed by atoms with Crippen LogP contribution in [-0.4, -0.2) is 29.3 Å². The van der Waals surface area contributed by atoms with E-state index in [0.717, 1.165) is 23.1 Å². The van der Waals surface area contributed by atoms with Gasteiger partial charge in [-0.3, -0.25) is 14.5 Å². The molecule has 1 fully saturated rings. The second kappa shape index (κ2) is 10.8. The summed E-state index contributed by atoms with van der Waals surface area (Å²) in [6.45, 7) is 0.861. The Morgan fingerprint density at radius 3 is 2.33 bits per heavy atom. The van der Waals surface area contributed by atoms with Gasteiger partial charge in [0.25, 0.3) is 11.1 Å². The normalized spacial score (nSPS) is 14.7. The van der Waals surface area contributed by atoms with Crippen molar-refractivity contribution in [3.63, 3.8) is 0 Å². The van der Waals surface area contributed by atoms with E-state index >= 15 is 0 Å². The number of benzene rings is 3. The Kier molecular flexibility index (Phi) is 7.60. The van der Waals surface area contributed by atoms with Crippen LogP contribution in [0, 0.1) is 0 Å². The number of nitrogens with zero attached hydrogens (tertiary/aromatic N) is 1. The van der Waals surface area contributed by atoms with Crippen LogP contribution in [0.25, 0.3) is 6.08 Å². The molecule has 168 valence electrons. The molecule has 0 radical (unpaired) electrons. The number of carbonyl (C=O) groups excluding carboxylic acids is 2. The number of rotatable bonds is 8. The van der Waals surface area contributed by atoms with Crippen molar-refractivity contribution in [2.24, 2.45) is 0 Å². The number of halogens is 2. The third-order valence-corrected chi connectivity index (χ3v) is 6.23. The fraction of sp³-hybridized carbons (Fsp3) is 0.120. The van der Waals surface area contributed by atoms with Gasteiger partial charge in [0.2, 0.25) is 0 Å². The fourth-order valence-electron chi connectivity index (χ4n) is 3.14. The van der Waals surface area contributed by atoms with Gasteiger partial charge in [-0.05, 0) is 65.4 Å². The summed E-state index contributed by atoms with van der Waals surface area (Å²) >= 11 is 13.0. The average molecular weight is 500 g/mol. The van der Waals surface area contributed by atoms with Crippen LogP contribution in [0.2, 0.25) is 10.0 Å². The van der Waals surface area contributed by atoms with Crippen LogP contribution in [-0.2, 0) is 11.3 Å². The summed E-state index contributed by atoms with van der Waals surface area (Å²) in [7, 11) is 0. The number of amides is 2. The second-order valence-corrected chi connectivity index (χ2v) is 8.92. The van der Waals surface area contributed by atoms with E-state index < -0.39 is 0 Å². The van der Waals surface area contributed by atoms with Crippen molar-refractivity contribution in [2.75, 3.05) is 13.2 Å². The van der Waals surface area contributed by atoms with Crippen LogP contribution in [0.5, 0.6) is 11.5 Å². The highest BCUT2D eigenvalue weighted by atomic mass is 35.5. The number of ether oxygens (including phenoxy) is 2. The lowest BCUT2D eigenvalue weighted by molar-refractivity contribution is -0.123. The molecule has 0 atom stereocenters. The molecule has 1 aliphatic rings. The van der Waals surface area contributed by atoms with Crippen molar-refractivity contribution in [3.05, 3.63) is 98.9 Å². The molecule has 0 bridgehead atoms. The minimum atomic E-state index is -0.362. The van der Waals surface area contributed by atoms with Gasteiger partial charge in [0.15, 0.2) is 0 Å². The molecule has 0 unspecified atom stereocenters. The van der Waals surface area contributed by atoms with Gasteiger partial charge in [-0.1, -0.05) is 59.6 Å². The Morgan fingerprint density at radius 1 is 0.848 bits per heavy atom. The molecule has 0 aromatic heterocycles. The third-order valence-electron chi connectivity index (χ3n) is 4.74. The maximum atomic E-state index is 12.8. The summed E-state index contributed by atoms with van der Waals surface area (Å²) in [5.74, 6) is 1.07. The van der Waals surface area contributed by atoms with Crippen LogP contribution >= 0.6 is 35.0 Å². The molecule has 0 saturated carbocycles. The molecule has 1 heterocycles. The first-order valence-electron chi connectivity index (χ1n) is 10.1. The largest absolute Gasteiger partial charge is 0.490 e. The van der Waals surface area contributed by atoms with Crippen molar-refractivity contribution in [2.45, 2.75) is 6.54 Å². The summed E-state index contributed by atoms with van der Waals surface area (Å²) in [6.07, 6.45) is 1.68. The summed E-state index contributed by atoms with van der Waals surface area (Å²) in [6, 6.07) is 21.8. The monoisotopic (exact) mass is 499 g/mol. The molecule has 33 heavy (non-hydrogen) atoms. The zero-order chi connectivity index (χ0) is 23.2. The summed E-state index contributed by atoms with van der Waals surface area (Å²) in [5, 5.41) is 0.556. The van der Waals surface area contributed by atoms with Gasteiger partial charge < -0.3 is 9.47 Å². The molecule has 4 rings (SSSR count). The van der Waals surface area contributed by atoms with E-state index in [-0.39, 0.29) is 17.7 Å². The molecular weight excluding hydrogens is 481 g/mol. The van der Waals surface area contributed by atoms with Crippen molar-refractivity contribution < 1.29 is 19.1 Å². The lowest BCUT2D eigenvalue weighted by Crippen LogP contribution is -2.27. The van der Waals surface area contributed by atoms with Crippen LogP contribution in [0.3, 0.4) is 0 Å². The summed E-state index contributed by atoms with van der Waals surface area (Å²) in [4.78, 5) is 26.8. The van der Waals surface area contributed by atoms with Gasteiger partial charge in [-0.15, -0.1) is 0 Å². The topological polar surface area (TPSA) is 55.8 Å². The number of imide groups is 1. The Morgan fingerprint density at radius 2 is 1.58 bits per heavy atom. The third kappa shape index (κ3) is 6.11. The van der Waals surface area contributed by atoms with Crippen LogP contribution < -0.4 is 9.47 Å². The van der Waals surface area contributed by atoms with Gasteiger partial charge in [0.05, 0.1) is 11.4 Å². The number of hydrogen-bond donors (Lipinski definition) is 0. The van der Waals surface area contributed by atoms with E-state index in [1.54, 1.807) is 24.3 Å². The van der Waals surface area contributed by atoms with E-state index in [1.165, 1.54) is 4.90 Å². The molecule has 1 saturated heterocycles. The molecule has 2 amide bonds. The molecule has 0 spiro atoms. The fourth-order valence-corrected chi connectivity index (χ4v) is 4.44. The molecule has 3 aromatic carbocycles. The highest BCUT2D eigenvalue weighted by Gasteiger charge is 2.35. The zero-order valence-electron chi connectivity index (χ0n) is 17.4. The number of thioether (sulfide) groups is 1. The zero-order valence-corrected chi connectivity index (χ0v) is 19.7. The van der Waals surface area contributed by atoms with E-state index in [0.29, 0.717) is 39.5 Å². The average Bonchev–Trinajstić information content (AvgIpc) is 3.06. The van der Waals surface area contributed by atoms with Gasteiger partial charge in [-0.2, -0.15) is 0 Å². The van der Waals surface area contributed by atoms with Crippen molar-refractivity contribution in [1.29, 1.82) is 0 Å². The SMILES string of the molecule is O=C1S/C(=C\c2cccc(OCCOc3ccccc3)c2)C(=O)N1Cc1ccc(Cl)cc1Cl. The van der Waals surface area contributed by atoms with Crippen molar-refractivity contribution >= 4 is 52.2 Å². The predicted molar refractivity (Wildman–Crippen MR) is 132 cm³/mol. The number of para-hydroxylation sites is 1. The lowest BCUT2D eigenvalue weighted by atomic mass is 10.2. The van der Waals surface area contributed by atoms with Crippen LogP contribution in [0.1, 0.15) is 11.1 Å². The Hall–Kier alpha value is -2.93. The van der Waals surface area contributed by atoms with E-state index in [4.69, 9.17) is 32.7 Å². The maximum absolute atomic E-state index is 12.8. The van der Waals surface area contributed by atoms with Gasteiger partial charge in [0.1, 0.15) is 24.7 Å². The number of carbonyl (C=O) groups is 2. The maximum Gasteiger partial charge on any atom is 0.293 e. The standard InChI is InChI=1S/C25H19Cl2NO4S/c26-19-10-9-18(22(27)15-19)16-28-24(29)23(33-25(28)30)14-17-5-4-8-21(13-17)32-12-11-31-20-6-2-1-3-7-20/h1-10,13-15H,11-12,16H2/b23-14-. The first-order chi connectivity index (χ1) is 16.0. The predicted octanol–water partition coefficient (Wildman–Crippen LogP) is 6.69. The first kappa shape index (κ1) is 23.2. The second-order valence-electron chi connectivity index (χ2n) is 7.09. The highest BCUT2D eigenvalue weighted by Crippen LogP contribution is 2.34. The quantitative estimate of drug-likeness (QED) is 0.255. The van der Waals surface area contributed by atoms with Gasteiger partial charge in [0, 0.05) is 10.0 Å². The van der Waals surface area contributed by atoms with Gasteiger partial charge in [-0.25, -0.2) is 0 Å². The Balaban J connectivity index is 1.38.